The van der Waals surface area contributed by atoms with Gasteiger partial charge in [0.1, 0.15) is 0 Å². The van der Waals surface area contributed by atoms with Gasteiger partial charge in [0.2, 0.25) is 5.91 Å². The molecule has 1 aliphatic rings. The number of hydrogen-bond acceptors (Lipinski definition) is 3. The van der Waals surface area contributed by atoms with Gasteiger partial charge in [-0.15, -0.1) is 0 Å². The van der Waals surface area contributed by atoms with Gasteiger partial charge < -0.3 is 15.7 Å². The van der Waals surface area contributed by atoms with Gasteiger partial charge in [0.25, 0.3) is 0 Å². The van der Waals surface area contributed by atoms with Gasteiger partial charge in [-0.25, -0.2) is 0 Å². The van der Waals surface area contributed by atoms with E-state index in [0.29, 0.717) is 12.6 Å². The van der Waals surface area contributed by atoms with Crippen LogP contribution in [-0.2, 0) is 4.79 Å². The first kappa shape index (κ1) is 15.4. The maximum atomic E-state index is 11.9. The van der Waals surface area contributed by atoms with Gasteiger partial charge in [-0.2, -0.15) is 0 Å². The van der Waals surface area contributed by atoms with Gasteiger partial charge in [0.15, 0.2) is 0 Å². The van der Waals surface area contributed by atoms with Crippen molar-refractivity contribution in [1.29, 1.82) is 0 Å². The van der Waals surface area contributed by atoms with Crippen molar-refractivity contribution in [1.82, 2.24) is 10.6 Å². The van der Waals surface area contributed by atoms with Crippen LogP contribution in [0, 0.1) is 5.92 Å². The fraction of sp³-hybridized carbons (Fsp3) is 0.929. The van der Waals surface area contributed by atoms with Crippen LogP contribution in [0.15, 0.2) is 0 Å². The summed E-state index contributed by atoms with van der Waals surface area (Å²) in [5.41, 5.74) is 0. The molecule has 1 aliphatic carbocycles. The van der Waals surface area contributed by atoms with E-state index in [4.69, 9.17) is 0 Å². The van der Waals surface area contributed by atoms with E-state index in [-0.39, 0.29) is 17.9 Å². The van der Waals surface area contributed by atoms with E-state index in [1.165, 1.54) is 19.3 Å². The van der Waals surface area contributed by atoms with Crippen LogP contribution in [0.3, 0.4) is 0 Å². The topological polar surface area (TPSA) is 61.4 Å². The highest BCUT2D eigenvalue weighted by Crippen LogP contribution is 2.17. The second-order valence-electron chi connectivity index (χ2n) is 5.78. The zero-order valence-corrected chi connectivity index (χ0v) is 11.9. The van der Waals surface area contributed by atoms with E-state index in [1.54, 1.807) is 0 Å². The summed E-state index contributed by atoms with van der Waals surface area (Å²) in [5, 5.41) is 15.9. The van der Waals surface area contributed by atoms with Gasteiger partial charge in [-0.05, 0) is 25.7 Å². The quantitative estimate of drug-likeness (QED) is 0.674. The minimum atomic E-state index is -0.394. The second kappa shape index (κ2) is 7.74. The largest absolute Gasteiger partial charge is 0.392 e. The third-order valence-electron chi connectivity index (χ3n) is 3.75. The lowest BCUT2D eigenvalue weighted by molar-refractivity contribution is -0.123. The summed E-state index contributed by atoms with van der Waals surface area (Å²) in [5.74, 6) is 0.268. The first-order valence-corrected chi connectivity index (χ1v) is 7.22. The van der Waals surface area contributed by atoms with Crippen LogP contribution in [0.1, 0.15) is 52.9 Å². The van der Waals surface area contributed by atoms with Crippen molar-refractivity contribution >= 4 is 5.91 Å². The molecular weight excluding hydrogens is 228 g/mol. The highest BCUT2D eigenvalue weighted by atomic mass is 16.3. The molecule has 4 nitrogen and oxygen atoms in total. The molecule has 0 aromatic carbocycles. The van der Waals surface area contributed by atoms with Crippen LogP contribution < -0.4 is 10.6 Å². The Morgan fingerprint density at radius 3 is 2.39 bits per heavy atom. The molecule has 0 spiro atoms. The molecule has 106 valence electrons. The molecule has 0 bridgehead atoms. The van der Waals surface area contributed by atoms with Gasteiger partial charge >= 0.3 is 0 Å². The number of aliphatic hydroxyl groups excluding tert-OH is 1. The zero-order valence-electron chi connectivity index (χ0n) is 11.9. The lowest BCUT2D eigenvalue weighted by Crippen LogP contribution is -2.48. The van der Waals surface area contributed by atoms with Crippen LogP contribution in [0.5, 0.6) is 0 Å². The van der Waals surface area contributed by atoms with Crippen molar-refractivity contribution in [2.45, 2.75) is 71.1 Å². The zero-order chi connectivity index (χ0) is 13.5. The highest BCUT2D eigenvalue weighted by molar-refractivity contribution is 5.81. The average Bonchev–Trinajstić information content (AvgIpc) is 2.36. The predicted octanol–water partition coefficient (Wildman–Crippen LogP) is 1.43. The van der Waals surface area contributed by atoms with Crippen LogP contribution in [0.4, 0.5) is 0 Å². The molecule has 1 rings (SSSR count). The average molecular weight is 256 g/mol. The van der Waals surface area contributed by atoms with E-state index in [0.717, 1.165) is 12.8 Å². The molecule has 4 heteroatoms. The van der Waals surface area contributed by atoms with E-state index in [1.807, 2.05) is 20.8 Å². The van der Waals surface area contributed by atoms with E-state index < -0.39 is 6.10 Å². The van der Waals surface area contributed by atoms with Crippen LogP contribution in [0.25, 0.3) is 0 Å². The van der Waals surface area contributed by atoms with E-state index >= 15 is 0 Å². The number of hydrogen-bond donors (Lipinski definition) is 3. The maximum Gasteiger partial charge on any atom is 0.237 e. The summed E-state index contributed by atoms with van der Waals surface area (Å²) in [4.78, 5) is 11.9. The van der Waals surface area contributed by atoms with E-state index in [9.17, 15) is 9.90 Å². The molecule has 0 aliphatic heterocycles. The molecule has 0 aromatic rings. The molecule has 2 atom stereocenters. The molecule has 2 unspecified atom stereocenters. The molecule has 1 saturated carbocycles. The lowest BCUT2D eigenvalue weighted by atomic mass is 9.95. The Morgan fingerprint density at radius 2 is 1.83 bits per heavy atom. The van der Waals surface area contributed by atoms with Crippen LogP contribution in [0.2, 0.25) is 0 Å². The van der Waals surface area contributed by atoms with Crippen LogP contribution >= 0.6 is 0 Å². The van der Waals surface area contributed by atoms with Gasteiger partial charge in [0, 0.05) is 12.6 Å². The van der Waals surface area contributed by atoms with Gasteiger partial charge in [-0.3, -0.25) is 4.79 Å². The molecule has 3 N–H and O–H groups in total. The van der Waals surface area contributed by atoms with Crippen molar-refractivity contribution in [2.75, 3.05) is 6.54 Å². The molecule has 0 aromatic heterocycles. The first-order chi connectivity index (χ1) is 8.50. The predicted molar refractivity (Wildman–Crippen MR) is 73.3 cm³/mol. The van der Waals surface area contributed by atoms with Crippen molar-refractivity contribution < 1.29 is 9.90 Å². The highest BCUT2D eigenvalue weighted by Gasteiger charge is 2.20. The normalized spacial score (nSPS) is 20.7. The molecule has 0 radical (unpaired) electrons. The molecule has 1 amide bonds. The molecule has 0 heterocycles. The summed E-state index contributed by atoms with van der Waals surface area (Å²) < 4.78 is 0. The SMILES string of the molecule is CC(NCC(O)C(C)C)C(=O)NC1CCCCC1. The fourth-order valence-electron chi connectivity index (χ4n) is 2.20. The number of carbonyl (C=O) groups is 1. The number of nitrogens with one attached hydrogen (secondary N) is 2. The fourth-order valence-corrected chi connectivity index (χ4v) is 2.20. The lowest BCUT2D eigenvalue weighted by Gasteiger charge is -2.25. The smallest absolute Gasteiger partial charge is 0.237 e. The Hall–Kier alpha value is -0.610. The Kier molecular flexibility index (Phi) is 6.65. The number of aliphatic hydroxyl groups is 1. The standard InChI is InChI=1S/C14H28N2O2/c1-10(2)13(17)9-15-11(3)14(18)16-12-7-5-4-6-8-12/h10-13,15,17H,4-9H2,1-3H3,(H,16,18). The molecular formula is C14H28N2O2. The Bertz CT molecular complexity index is 250. The number of carbonyl (C=O) groups excluding carboxylic acids is 1. The monoisotopic (exact) mass is 256 g/mol. The number of rotatable bonds is 6. The summed E-state index contributed by atoms with van der Waals surface area (Å²) in [7, 11) is 0. The van der Waals surface area contributed by atoms with Gasteiger partial charge in [0.05, 0.1) is 12.1 Å². The maximum absolute atomic E-state index is 11.9. The Morgan fingerprint density at radius 1 is 1.22 bits per heavy atom. The van der Waals surface area contributed by atoms with Crippen LogP contribution in [-0.4, -0.2) is 35.7 Å². The molecule has 1 fully saturated rings. The van der Waals surface area contributed by atoms with Crippen molar-refractivity contribution in [2.24, 2.45) is 5.92 Å². The summed E-state index contributed by atoms with van der Waals surface area (Å²) in [6, 6.07) is 0.117. The Balaban J connectivity index is 2.23. The molecule has 0 saturated heterocycles. The second-order valence-corrected chi connectivity index (χ2v) is 5.78. The third-order valence-corrected chi connectivity index (χ3v) is 3.75. The first-order valence-electron chi connectivity index (χ1n) is 7.22. The van der Waals surface area contributed by atoms with E-state index in [2.05, 4.69) is 10.6 Å². The van der Waals surface area contributed by atoms with Gasteiger partial charge in [-0.1, -0.05) is 33.1 Å². The minimum Gasteiger partial charge on any atom is -0.392 e. The summed E-state index contributed by atoms with van der Waals surface area (Å²) in [6.07, 6.45) is 5.55. The minimum absolute atomic E-state index is 0.0536. The van der Waals surface area contributed by atoms with Crippen molar-refractivity contribution in [3.63, 3.8) is 0 Å². The van der Waals surface area contributed by atoms with Crippen molar-refractivity contribution in [3.8, 4) is 0 Å². The third kappa shape index (κ3) is 5.36. The summed E-state index contributed by atoms with van der Waals surface area (Å²) >= 11 is 0. The van der Waals surface area contributed by atoms with Crippen molar-refractivity contribution in [3.05, 3.63) is 0 Å². The molecule has 18 heavy (non-hydrogen) atoms. The Labute approximate surface area is 111 Å². The summed E-state index contributed by atoms with van der Waals surface area (Å²) in [6.45, 7) is 6.26. The number of amides is 1.